The van der Waals surface area contributed by atoms with E-state index >= 15 is 0 Å². The second-order valence-electron chi connectivity index (χ2n) is 3.82. The smallest absolute Gasteiger partial charge is 0.167 e. The second kappa shape index (κ2) is 3.32. The average molecular weight is 174 g/mol. The van der Waals surface area contributed by atoms with Gasteiger partial charge in [-0.15, -0.1) is 0 Å². The quantitative estimate of drug-likeness (QED) is 0.641. The zero-order valence-electron chi connectivity index (χ0n) is 8.09. The lowest BCUT2D eigenvalue weighted by Crippen LogP contribution is -2.43. The molecular formula is C9H18O3. The highest BCUT2D eigenvalue weighted by Crippen LogP contribution is 2.36. The van der Waals surface area contributed by atoms with Crippen molar-refractivity contribution < 1.29 is 14.6 Å². The molecule has 12 heavy (non-hydrogen) atoms. The molecule has 1 saturated carbocycles. The van der Waals surface area contributed by atoms with Crippen LogP contribution in [0, 0.1) is 0 Å². The largest absolute Gasteiger partial charge is 0.390 e. The van der Waals surface area contributed by atoms with E-state index in [2.05, 4.69) is 0 Å². The standard InChI is InChI=1S/C9H18O3/c1-8(10)4-6-9(11-2,12-3)7-5-8/h10H,4-7H2,1-3H3. The van der Waals surface area contributed by atoms with Crippen LogP contribution >= 0.6 is 0 Å². The number of aliphatic hydroxyl groups is 1. The molecule has 72 valence electrons. The van der Waals surface area contributed by atoms with Gasteiger partial charge in [0.15, 0.2) is 5.79 Å². The lowest BCUT2D eigenvalue weighted by molar-refractivity contribution is -0.239. The van der Waals surface area contributed by atoms with Crippen molar-refractivity contribution >= 4 is 0 Å². The normalized spacial score (nSPS) is 27.0. The Hall–Kier alpha value is -0.120. The van der Waals surface area contributed by atoms with E-state index in [1.807, 2.05) is 6.92 Å². The van der Waals surface area contributed by atoms with Crippen LogP contribution in [0.15, 0.2) is 0 Å². The van der Waals surface area contributed by atoms with Gasteiger partial charge in [0.2, 0.25) is 0 Å². The average Bonchev–Trinajstić information content (AvgIpc) is 2.06. The summed E-state index contributed by atoms with van der Waals surface area (Å²) in [5.74, 6) is -0.442. The molecular weight excluding hydrogens is 156 g/mol. The molecule has 0 heterocycles. The Labute approximate surface area is 73.7 Å². The van der Waals surface area contributed by atoms with Crippen LogP contribution in [0.4, 0.5) is 0 Å². The summed E-state index contributed by atoms with van der Waals surface area (Å²) in [4.78, 5) is 0. The first-order chi connectivity index (χ1) is 5.54. The SMILES string of the molecule is COC1(OC)CCC(C)(O)CC1. The van der Waals surface area contributed by atoms with Gasteiger partial charge >= 0.3 is 0 Å². The minimum absolute atomic E-state index is 0.442. The summed E-state index contributed by atoms with van der Waals surface area (Å²) in [6.07, 6.45) is 3.03. The Morgan fingerprint density at radius 1 is 1.00 bits per heavy atom. The molecule has 0 unspecified atom stereocenters. The molecule has 1 rings (SSSR count). The monoisotopic (exact) mass is 174 g/mol. The summed E-state index contributed by atoms with van der Waals surface area (Å²) in [7, 11) is 3.31. The van der Waals surface area contributed by atoms with Gasteiger partial charge in [-0.2, -0.15) is 0 Å². The minimum atomic E-state index is -0.527. The van der Waals surface area contributed by atoms with E-state index in [4.69, 9.17) is 9.47 Å². The molecule has 1 N–H and O–H groups in total. The third kappa shape index (κ3) is 1.97. The minimum Gasteiger partial charge on any atom is -0.390 e. The molecule has 0 atom stereocenters. The Balaban J connectivity index is 2.53. The van der Waals surface area contributed by atoms with E-state index in [0.29, 0.717) is 0 Å². The molecule has 0 aromatic carbocycles. The fraction of sp³-hybridized carbons (Fsp3) is 1.00. The van der Waals surface area contributed by atoms with Crippen LogP contribution in [-0.2, 0) is 9.47 Å². The van der Waals surface area contributed by atoms with Crippen LogP contribution in [-0.4, -0.2) is 30.7 Å². The fourth-order valence-corrected chi connectivity index (χ4v) is 1.66. The van der Waals surface area contributed by atoms with Crippen molar-refractivity contribution in [1.29, 1.82) is 0 Å². The van der Waals surface area contributed by atoms with Gasteiger partial charge in [-0.1, -0.05) is 0 Å². The van der Waals surface area contributed by atoms with Gasteiger partial charge in [0.25, 0.3) is 0 Å². The lowest BCUT2D eigenvalue weighted by Gasteiger charge is -2.40. The Morgan fingerprint density at radius 3 is 1.75 bits per heavy atom. The highest BCUT2D eigenvalue weighted by molar-refractivity contribution is 4.86. The van der Waals surface area contributed by atoms with E-state index in [-0.39, 0.29) is 0 Å². The zero-order valence-corrected chi connectivity index (χ0v) is 8.09. The maximum atomic E-state index is 9.69. The van der Waals surface area contributed by atoms with Gasteiger partial charge in [-0.25, -0.2) is 0 Å². The summed E-state index contributed by atoms with van der Waals surface area (Å²) in [5, 5.41) is 9.69. The van der Waals surface area contributed by atoms with E-state index in [1.165, 1.54) is 0 Å². The molecule has 1 aliphatic rings. The predicted molar refractivity (Wildman–Crippen MR) is 45.8 cm³/mol. The van der Waals surface area contributed by atoms with E-state index in [1.54, 1.807) is 14.2 Å². The van der Waals surface area contributed by atoms with Gasteiger partial charge in [0.1, 0.15) is 0 Å². The van der Waals surface area contributed by atoms with Gasteiger partial charge in [-0.05, 0) is 19.8 Å². The van der Waals surface area contributed by atoms with Crippen molar-refractivity contribution in [2.45, 2.75) is 44.0 Å². The zero-order chi connectivity index (χ0) is 9.24. The fourth-order valence-electron chi connectivity index (χ4n) is 1.66. The van der Waals surface area contributed by atoms with Gasteiger partial charge in [0.05, 0.1) is 5.60 Å². The molecule has 1 fully saturated rings. The first kappa shape index (κ1) is 9.96. The van der Waals surface area contributed by atoms with Crippen LogP contribution in [0.25, 0.3) is 0 Å². The van der Waals surface area contributed by atoms with Crippen LogP contribution in [0.3, 0.4) is 0 Å². The number of methoxy groups -OCH3 is 2. The lowest BCUT2D eigenvalue weighted by atomic mass is 9.83. The third-order valence-electron chi connectivity index (χ3n) is 2.83. The summed E-state index contributed by atoms with van der Waals surface area (Å²) in [5.41, 5.74) is -0.527. The Bertz CT molecular complexity index is 138. The van der Waals surface area contributed by atoms with Crippen molar-refractivity contribution in [2.75, 3.05) is 14.2 Å². The topological polar surface area (TPSA) is 38.7 Å². The van der Waals surface area contributed by atoms with Gasteiger partial charge in [-0.3, -0.25) is 0 Å². The molecule has 1 aliphatic carbocycles. The van der Waals surface area contributed by atoms with Crippen molar-refractivity contribution in [2.24, 2.45) is 0 Å². The third-order valence-corrected chi connectivity index (χ3v) is 2.83. The Kier molecular flexibility index (Phi) is 2.76. The van der Waals surface area contributed by atoms with E-state index < -0.39 is 11.4 Å². The molecule has 3 heteroatoms. The second-order valence-corrected chi connectivity index (χ2v) is 3.82. The van der Waals surface area contributed by atoms with Crippen LogP contribution in [0.1, 0.15) is 32.6 Å². The van der Waals surface area contributed by atoms with Crippen molar-refractivity contribution in [3.63, 3.8) is 0 Å². The summed E-state index contributed by atoms with van der Waals surface area (Å²) < 4.78 is 10.6. The maximum Gasteiger partial charge on any atom is 0.167 e. The molecule has 0 spiro atoms. The number of rotatable bonds is 2. The molecule has 0 amide bonds. The highest BCUT2D eigenvalue weighted by Gasteiger charge is 2.39. The molecule has 0 saturated heterocycles. The van der Waals surface area contributed by atoms with Crippen LogP contribution in [0.2, 0.25) is 0 Å². The summed E-state index contributed by atoms with van der Waals surface area (Å²) in [6, 6.07) is 0. The molecule has 0 aromatic rings. The van der Waals surface area contributed by atoms with Crippen LogP contribution in [0.5, 0.6) is 0 Å². The summed E-state index contributed by atoms with van der Waals surface area (Å²) >= 11 is 0. The molecule has 0 aliphatic heterocycles. The van der Waals surface area contributed by atoms with Gasteiger partial charge in [0, 0.05) is 27.1 Å². The number of ether oxygens (including phenoxy) is 2. The molecule has 0 bridgehead atoms. The number of hydrogen-bond acceptors (Lipinski definition) is 3. The first-order valence-corrected chi connectivity index (χ1v) is 4.36. The highest BCUT2D eigenvalue weighted by atomic mass is 16.7. The van der Waals surface area contributed by atoms with Crippen molar-refractivity contribution in [3.05, 3.63) is 0 Å². The van der Waals surface area contributed by atoms with E-state index in [9.17, 15) is 5.11 Å². The molecule has 0 aromatic heterocycles. The van der Waals surface area contributed by atoms with E-state index in [0.717, 1.165) is 25.7 Å². The number of hydrogen-bond donors (Lipinski definition) is 1. The first-order valence-electron chi connectivity index (χ1n) is 4.36. The molecule has 0 radical (unpaired) electrons. The van der Waals surface area contributed by atoms with Gasteiger partial charge < -0.3 is 14.6 Å². The Morgan fingerprint density at radius 2 is 1.42 bits per heavy atom. The van der Waals surface area contributed by atoms with Crippen molar-refractivity contribution in [3.8, 4) is 0 Å². The predicted octanol–water partition coefficient (Wildman–Crippen LogP) is 1.30. The summed E-state index contributed by atoms with van der Waals surface area (Å²) in [6.45, 7) is 1.86. The van der Waals surface area contributed by atoms with Crippen LogP contribution < -0.4 is 0 Å². The maximum absolute atomic E-state index is 9.69. The van der Waals surface area contributed by atoms with Crippen molar-refractivity contribution in [1.82, 2.24) is 0 Å². The molecule has 3 nitrogen and oxygen atoms in total.